The summed E-state index contributed by atoms with van der Waals surface area (Å²) in [5.74, 6) is -0.345. The van der Waals surface area contributed by atoms with Crippen LogP contribution in [0.25, 0.3) is 0 Å². The lowest BCUT2D eigenvalue weighted by Crippen LogP contribution is -2.43. The van der Waals surface area contributed by atoms with Crippen molar-refractivity contribution in [3.05, 3.63) is 29.6 Å². The average molecular weight is 411 g/mol. The molecule has 0 bridgehead atoms. The monoisotopic (exact) mass is 410 g/mol. The Morgan fingerprint density at radius 1 is 1.11 bits per heavy atom. The molecule has 1 aromatic carbocycles. The Bertz CT molecular complexity index is 817. The van der Waals surface area contributed by atoms with E-state index >= 15 is 0 Å². The quantitative estimate of drug-likeness (QED) is 0.821. The van der Waals surface area contributed by atoms with Gasteiger partial charge in [0.05, 0.1) is 10.5 Å². The van der Waals surface area contributed by atoms with Gasteiger partial charge in [-0.2, -0.15) is 4.31 Å². The summed E-state index contributed by atoms with van der Waals surface area (Å²) in [5, 5.41) is 2.91. The van der Waals surface area contributed by atoms with E-state index in [0.717, 1.165) is 38.2 Å². The number of amides is 1. The Kier molecular flexibility index (Phi) is 6.44. The van der Waals surface area contributed by atoms with Gasteiger partial charge in [-0.25, -0.2) is 12.8 Å². The molecule has 1 aliphatic heterocycles. The molecule has 0 unspecified atom stereocenters. The van der Waals surface area contributed by atoms with Crippen LogP contribution in [0.3, 0.4) is 0 Å². The summed E-state index contributed by atoms with van der Waals surface area (Å²) in [6.07, 6.45) is 5.08. The maximum absolute atomic E-state index is 14.4. The van der Waals surface area contributed by atoms with Crippen molar-refractivity contribution >= 4 is 15.9 Å². The van der Waals surface area contributed by atoms with Gasteiger partial charge in [-0.05, 0) is 55.2 Å². The molecular weight excluding hydrogens is 379 g/mol. The van der Waals surface area contributed by atoms with Gasteiger partial charge in [0.1, 0.15) is 5.82 Å². The molecule has 1 saturated carbocycles. The van der Waals surface area contributed by atoms with Crippen LogP contribution in [0.1, 0.15) is 63.2 Å². The maximum atomic E-state index is 14.4. The number of benzene rings is 1. The highest BCUT2D eigenvalue weighted by Gasteiger charge is 2.33. The molecule has 2 aliphatic rings. The van der Waals surface area contributed by atoms with Crippen LogP contribution in [0.4, 0.5) is 4.39 Å². The Morgan fingerprint density at radius 2 is 1.75 bits per heavy atom. The van der Waals surface area contributed by atoms with Gasteiger partial charge in [-0.15, -0.1) is 0 Å². The van der Waals surface area contributed by atoms with E-state index in [1.54, 1.807) is 0 Å². The van der Waals surface area contributed by atoms with Crippen molar-refractivity contribution in [2.24, 2.45) is 17.8 Å². The number of nitrogens with zero attached hydrogens (tertiary/aromatic N) is 1. The molecular formula is C21H31FN2O3S. The number of carbonyl (C=O) groups is 1. The average Bonchev–Trinajstić information content (AvgIpc) is 2.63. The number of sulfonamides is 1. The Balaban J connectivity index is 1.83. The van der Waals surface area contributed by atoms with Crippen LogP contribution in [0.2, 0.25) is 0 Å². The number of carbonyl (C=O) groups excluding carboxylic acids is 1. The zero-order valence-corrected chi connectivity index (χ0v) is 17.8. The van der Waals surface area contributed by atoms with Gasteiger partial charge in [0.25, 0.3) is 5.91 Å². The minimum Gasteiger partial charge on any atom is -0.349 e. The summed E-state index contributed by atoms with van der Waals surface area (Å²) < 4.78 is 42.0. The highest BCUT2D eigenvalue weighted by atomic mass is 32.2. The Morgan fingerprint density at radius 3 is 2.39 bits per heavy atom. The summed E-state index contributed by atoms with van der Waals surface area (Å²) in [7, 11) is -3.76. The molecule has 4 atom stereocenters. The third kappa shape index (κ3) is 4.57. The van der Waals surface area contributed by atoms with Crippen molar-refractivity contribution in [3.63, 3.8) is 0 Å². The number of piperidine rings is 1. The Hall–Kier alpha value is -1.47. The van der Waals surface area contributed by atoms with Gasteiger partial charge >= 0.3 is 0 Å². The standard InChI is InChI=1S/C21H31FN2O3S/c1-14-10-15(2)13-24(12-14)28(26,27)17-8-9-19(22)18(11-17)21(25)23-20-7-5-4-6-16(20)3/h8-9,11,14-16,20H,4-7,10,12-13H2,1-3H3,(H,23,25)/t14-,15+,16-,20-/m1/s1. The molecule has 0 aromatic heterocycles. The van der Waals surface area contributed by atoms with E-state index in [2.05, 4.69) is 12.2 Å². The highest BCUT2D eigenvalue weighted by molar-refractivity contribution is 7.89. The highest BCUT2D eigenvalue weighted by Crippen LogP contribution is 2.28. The predicted octanol–water partition coefficient (Wildman–Crippen LogP) is 3.80. The normalized spacial score (nSPS) is 29.4. The third-order valence-electron chi connectivity index (χ3n) is 6.08. The maximum Gasteiger partial charge on any atom is 0.254 e. The van der Waals surface area contributed by atoms with E-state index in [-0.39, 0.29) is 28.3 Å². The van der Waals surface area contributed by atoms with Gasteiger partial charge in [0.15, 0.2) is 0 Å². The molecule has 1 amide bonds. The molecule has 0 spiro atoms. The molecule has 2 fully saturated rings. The molecule has 156 valence electrons. The van der Waals surface area contributed by atoms with Crippen LogP contribution in [0, 0.1) is 23.6 Å². The van der Waals surface area contributed by atoms with Crippen molar-refractivity contribution in [2.75, 3.05) is 13.1 Å². The summed E-state index contributed by atoms with van der Waals surface area (Å²) in [4.78, 5) is 12.7. The largest absolute Gasteiger partial charge is 0.349 e. The fourth-order valence-corrected chi connectivity index (χ4v) is 6.27. The van der Waals surface area contributed by atoms with Crippen molar-refractivity contribution < 1.29 is 17.6 Å². The Labute approximate surface area is 167 Å². The van der Waals surface area contributed by atoms with E-state index in [9.17, 15) is 17.6 Å². The fourth-order valence-electron chi connectivity index (χ4n) is 4.57. The first-order chi connectivity index (χ1) is 13.2. The third-order valence-corrected chi connectivity index (χ3v) is 7.91. The molecule has 1 aliphatic carbocycles. The molecule has 1 N–H and O–H groups in total. The van der Waals surface area contributed by atoms with E-state index in [0.29, 0.717) is 19.0 Å². The zero-order chi connectivity index (χ0) is 20.5. The molecule has 3 rings (SSSR count). The lowest BCUT2D eigenvalue weighted by molar-refractivity contribution is 0.0906. The first-order valence-electron chi connectivity index (χ1n) is 10.3. The van der Waals surface area contributed by atoms with Crippen LogP contribution in [0.15, 0.2) is 23.1 Å². The van der Waals surface area contributed by atoms with Crippen LogP contribution < -0.4 is 5.32 Å². The SMILES string of the molecule is C[C@@H]1C[C@H](C)CN(S(=O)(=O)c2ccc(F)c(C(=O)N[C@@H]3CCCC[C@H]3C)c2)C1. The molecule has 7 heteroatoms. The number of hydrogen-bond donors (Lipinski definition) is 1. The number of hydrogen-bond acceptors (Lipinski definition) is 3. The smallest absolute Gasteiger partial charge is 0.254 e. The molecule has 0 radical (unpaired) electrons. The van der Waals surface area contributed by atoms with Crippen LogP contribution >= 0.6 is 0 Å². The van der Waals surface area contributed by atoms with E-state index in [1.807, 2.05) is 13.8 Å². The van der Waals surface area contributed by atoms with Crippen LogP contribution in [-0.4, -0.2) is 37.8 Å². The molecule has 1 aromatic rings. The number of rotatable bonds is 4. The minimum absolute atomic E-state index is 0.00436. The predicted molar refractivity (Wildman–Crippen MR) is 107 cm³/mol. The van der Waals surface area contributed by atoms with Gasteiger partial charge in [-0.1, -0.05) is 33.6 Å². The van der Waals surface area contributed by atoms with Crippen molar-refractivity contribution in [1.82, 2.24) is 9.62 Å². The van der Waals surface area contributed by atoms with E-state index < -0.39 is 21.7 Å². The second kappa shape index (κ2) is 8.49. The summed E-state index contributed by atoms with van der Waals surface area (Å²) in [5.41, 5.74) is -0.197. The topological polar surface area (TPSA) is 66.5 Å². The second-order valence-electron chi connectivity index (χ2n) is 8.75. The lowest BCUT2D eigenvalue weighted by atomic mass is 9.86. The van der Waals surface area contributed by atoms with Crippen molar-refractivity contribution in [3.8, 4) is 0 Å². The van der Waals surface area contributed by atoms with Gasteiger partial charge in [-0.3, -0.25) is 4.79 Å². The van der Waals surface area contributed by atoms with Gasteiger partial charge in [0.2, 0.25) is 10.0 Å². The second-order valence-corrected chi connectivity index (χ2v) is 10.7. The molecule has 28 heavy (non-hydrogen) atoms. The summed E-state index contributed by atoms with van der Waals surface area (Å²) in [6, 6.07) is 3.54. The molecule has 1 heterocycles. The molecule has 5 nitrogen and oxygen atoms in total. The summed E-state index contributed by atoms with van der Waals surface area (Å²) >= 11 is 0. The number of nitrogens with one attached hydrogen (secondary N) is 1. The number of halogens is 1. The van der Waals surface area contributed by atoms with E-state index in [1.165, 1.54) is 16.4 Å². The van der Waals surface area contributed by atoms with Gasteiger partial charge in [0, 0.05) is 19.1 Å². The lowest BCUT2D eigenvalue weighted by Gasteiger charge is -2.34. The minimum atomic E-state index is -3.76. The fraction of sp³-hybridized carbons (Fsp3) is 0.667. The van der Waals surface area contributed by atoms with Crippen LogP contribution in [0.5, 0.6) is 0 Å². The van der Waals surface area contributed by atoms with Gasteiger partial charge < -0.3 is 5.32 Å². The summed E-state index contributed by atoms with van der Waals surface area (Å²) in [6.45, 7) is 7.05. The zero-order valence-electron chi connectivity index (χ0n) is 16.9. The van der Waals surface area contributed by atoms with E-state index in [4.69, 9.17) is 0 Å². The first kappa shape index (κ1) is 21.2. The van der Waals surface area contributed by atoms with Crippen LogP contribution in [-0.2, 0) is 10.0 Å². The first-order valence-corrected chi connectivity index (χ1v) is 11.7. The van der Waals surface area contributed by atoms with Crippen molar-refractivity contribution in [2.45, 2.75) is 63.8 Å². The molecule has 1 saturated heterocycles. The van der Waals surface area contributed by atoms with Crippen molar-refractivity contribution in [1.29, 1.82) is 0 Å².